The Hall–Kier alpha value is -3.93. The van der Waals surface area contributed by atoms with Gasteiger partial charge in [0.15, 0.2) is 15.7 Å². The minimum atomic E-state index is -3.57. The first-order valence-electron chi connectivity index (χ1n) is 12.6. The van der Waals surface area contributed by atoms with E-state index in [2.05, 4.69) is 37.1 Å². The van der Waals surface area contributed by atoms with Gasteiger partial charge in [0.1, 0.15) is 0 Å². The summed E-state index contributed by atoms with van der Waals surface area (Å²) in [6, 6.07) is 13.6. The number of H-pyrrole nitrogens is 1. The van der Waals surface area contributed by atoms with E-state index in [0.717, 1.165) is 31.9 Å². The van der Waals surface area contributed by atoms with Crippen molar-refractivity contribution in [2.24, 2.45) is 0 Å². The lowest BCUT2D eigenvalue weighted by Gasteiger charge is -2.31. The molecule has 1 aliphatic rings. The second-order valence-electron chi connectivity index (χ2n) is 9.50. The van der Waals surface area contributed by atoms with Gasteiger partial charge >= 0.3 is 0 Å². The Labute approximate surface area is 239 Å². The van der Waals surface area contributed by atoms with Gasteiger partial charge in [-0.3, -0.25) is 14.8 Å². The van der Waals surface area contributed by atoms with E-state index >= 15 is 0 Å². The molecule has 0 spiro atoms. The van der Waals surface area contributed by atoms with Crippen molar-refractivity contribution in [2.45, 2.75) is 11.4 Å². The summed E-state index contributed by atoms with van der Waals surface area (Å²) in [6.45, 7) is 3.90. The van der Waals surface area contributed by atoms with Gasteiger partial charge in [-0.15, -0.1) is 12.4 Å². The molecule has 40 heavy (non-hydrogen) atoms. The van der Waals surface area contributed by atoms with Gasteiger partial charge in [-0.1, -0.05) is 12.1 Å². The molecule has 4 aromatic rings. The summed E-state index contributed by atoms with van der Waals surface area (Å²) in [4.78, 5) is 28.7. The van der Waals surface area contributed by atoms with Crippen molar-refractivity contribution < 1.29 is 18.3 Å². The van der Waals surface area contributed by atoms with Crippen LogP contribution in [0.5, 0.6) is 5.88 Å². The zero-order valence-electron chi connectivity index (χ0n) is 21.9. The second kappa shape index (κ2) is 12.5. The minimum absolute atomic E-state index is 0. The van der Waals surface area contributed by atoms with Crippen LogP contribution in [0.1, 0.15) is 16.1 Å². The number of piperazine rings is 1. The molecular formula is C28H31ClN6O4S. The van der Waals surface area contributed by atoms with E-state index in [4.69, 9.17) is 0 Å². The summed E-state index contributed by atoms with van der Waals surface area (Å²) in [5.41, 5.74) is 2.54. The van der Waals surface area contributed by atoms with Gasteiger partial charge in [0.25, 0.3) is 5.91 Å². The first kappa shape index (κ1) is 29.1. The standard InChI is InChI=1S/C28H30N6O4S.ClH/c1-33-12-14-34(15-13-33)11-4-16-39(37,38)22-7-9-25(30-19-22)26-23-17-20(6-8-24(23)32-28(26)36)27(35)31-18-21-5-2-3-10-29-21;/h2-11,17,19,32,36H,12-16,18H2,1H3,(H,31,35);1H. The van der Waals surface area contributed by atoms with Crippen LogP contribution in [0, 0.1) is 0 Å². The number of likely N-dealkylation sites (N-methyl/N-ethyl adjacent to an activating group) is 1. The third-order valence-corrected chi connectivity index (χ3v) is 8.31. The number of sulfone groups is 1. The van der Waals surface area contributed by atoms with E-state index in [1.165, 1.54) is 12.3 Å². The Morgan fingerprint density at radius 2 is 1.90 bits per heavy atom. The third-order valence-electron chi connectivity index (χ3n) is 6.72. The molecule has 1 aliphatic heterocycles. The zero-order valence-corrected chi connectivity index (χ0v) is 23.6. The van der Waals surface area contributed by atoms with Crippen LogP contribution in [-0.4, -0.2) is 83.2 Å². The normalized spacial score (nSPS) is 14.4. The number of hydrogen-bond acceptors (Lipinski definition) is 8. The number of aromatic amines is 1. The molecule has 1 saturated heterocycles. The molecular weight excluding hydrogens is 552 g/mol. The summed E-state index contributed by atoms with van der Waals surface area (Å²) in [5, 5.41) is 14.1. The van der Waals surface area contributed by atoms with E-state index in [9.17, 15) is 18.3 Å². The Morgan fingerprint density at radius 3 is 2.60 bits per heavy atom. The number of nitrogens with zero attached hydrogens (tertiary/aromatic N) is 4. The lowest BCUT2D eigenvalue weighted by Crippen LogP contribution is -2.41. The van der Waals surface area contributed by atoms with Gasteiger partial charge in [0.05, 0.1) is 34.1 Å². The monoisotopic (exact) mass is 582 g/mol. The highest BCUT2D eigenvalue weighted by molar-refractivity contribution is 7.91. The second-order valence-corrected chi connectivity index (χ2v) is 11.5. The van der Waals surface area contributed by atoms with Gasteiger partial charge in [0.2, 0.25) is 0 Å². The Bertz CT molecular complexity index is 1600. The summed E-state index contributed by atoms with van der Waals surface area (Å²) < 4.78 is 25.7. The van der Waals surface area contributed by atoms with Crippen LogP contribution < -0.4 is 5.32 Å². The minimum Gasteiger partial charge on any atom is -0.494 e. The van der Waals surface area contributed by atoms with Crippen LogP contribution in [0.25, 0.3) is 22.2 Å². The largest absolute Gasteiger partial charge is 0.494 e. The molecule has 0 radical (unpaired) electrons. The van der Waals surface area contributed by atoms with Crippen molar-refractivity contribution in [1.29, 1.82) is 0 Å². The number of halogens is 1. The number of carbonyl (C=O) groups excluding carboxylic acids is 1. The molecule has 0 bridgehead atoms. The molecule has 5 rings (SSSR count). The number of fused-ring (bicyclic) bond motifs is 1. The number of carbonyl (C=O) groups is 1. The number of aromatic nitrogens is 3. The van der Waals surface area contributed by atoms with Crippen LogP contribution in [0.15, 0.2) is 78.1 Å². The molecule has 3 aromatic heterocycles. The van der Waals surface area contributed by atoms with Crippen LogP contribution in [0.2, 0.25) is 0 Å². The van der Waals surface area contributed by atoms with E-state index in [1.54, 1.807) is 36.5 Å². The molecule has 210 valence electrons. The van der Waals surface area contributed by atoms with Crippen molar-refractivity contribution in [2.75, 3.05) is 39.0 Å². The van der Waals surface area contributed by atoms with Crippen LogP contribution in [-0.2, 0) is 16.4 Å². The fourth-order valence-corrected chi connectivity index (χ4v) is 5.47. The van der Waals surface area contributed by atoms with E-state index < -0.39 is 9.84 Å². The van der Waals surface area contributed by atoms with E-state index in [1.807, 2.05) is 24.4 Å². The predicted octanol–water partition coefficient (Wildman–Crippen LogP) is 3.22. The fraction of sp³-hybridized carbons (Fsp3) is 0.250. The number of nitrogens with one attached hydrogen (secondary N) is 2. The first-order valence-corrected chi connectivity index (χ1v) is 14.3. The highest BCUT2D eigenvalue weighted by atomic mass is 35.5. The molecule has 3 N–H and O–H groups in total. The predicted molar refractivity (Wildman–Crippen MR) is 156 cm³/mol. The molecule has 0 atom stereocenters. The number of hydrogen-bond donors (Lipinski definition) is 3. The number of aromatic hydroxyl groups is 1. The van der Waals surface area contributed by atoms with Gasteiger partial charge in [0, 0.05) is 55.0 Å². The smallest absolute Gasteiger partial charge is 0.251 e. The van der Waals surface area contributed by atoms with Crippen LogP contribution >= 0.6 is 12.4 Å². The SMILES string of the molecule is CN1CCN(C=CCS(=O)(=O)c2ccc(-c3c(O)[nH]c4ccc(C(=O)NCc5ccccn5)cc34)nc2)CC1.Cl. The van der Waals surface area contributed by atoms with Crippen molar-refractivity contribution >= 4 is 39.1 Å². The molecule has 1 aromatic carbocycles. The summed E-state index contributed by atoms with van der Waals surface area (Å²) >= 11 is 0. The Morgan fingerprint density at radius 1 is 1.10 bits per heavy atom. The molecule has 10 nitrogen and oxygen atoms in total. The highest BCUT2D eigenvalue weighted by Crippen LogP contribution is 2.36. The van der Waals surface area contributed by atoms with Gasteiger partial charge in [-0.05, 0) is 55.7 Å². The maximum Gasteiger partial charge on any atom is 0.251 e. The lowest BCUT2D eigenvalue weighted by molar-refractivity contribution is 0.0950. The maximum absolute atomic E-state index is 12.9. The van der Waals surface area contributed by atoms with Crippen molar-refractivity contribution in [3.63, 3.8) is 0 Å². The summed E-state index contributed by atoms with van der Waals surface area (Å²) in [6.07, 6.45) is 6.48. The Balaban J connectivity index is 0.00000370. The number of pyridine rings is 2. The topological polar surface area (TPSA) is 132 Å². The maximum atomic E-state index is 12.9. The zero-order chi connectivity index (χ0) is 27.4. The fourth-order valence-electron chi connectivity index (χ4n) is 4.45. The van der Waals surface area contributed by atoms with Gasteiger partial charge in [-0.2, -0.15) is 0 Å². The molecule has 0 aliphatic carbocycles. The van der Waals surface area contributed by atoms with E-state index in [0.29, 0.717) is 27.7 Å². The van der Waals surface area contributed by atoms with Gasteiger partial charge in [-0.25, -0.2) is 8.42 Å². The summed E-state index contributed by atoms with van der Waals surface area (Å²) in [5.74, 6) is -0.530. The molecule has 1 fully saturated rings. The van der Waals surface area contributed by atoms with Crippen LogP contribution in [0.3, 0.4) is 0 Å². The van der Waals surface area contributed by atoms with Crippen molar-refractivity contribution in [3.05, 3.63) is 84.5 Å². The summed E-state index contributed by atoms with van der Waals surface area (Å²) in [7, 11) is -1.50. The van der Waals surface area contributed by atoms with Crippen molar-refractivity contribution in [3.8, 4) is 17.1 Å². The Kier molecular flexibility index (Phi) is 9.08. The number of rotatable bonds is 8. The third kappa shape index (κ3) is 6.61. The average molecular weight is 583 g/mol. The van der Waals surface area contributed by atoms with Crippen LogP contribution in [0.4, 0.5) is 0 Å². The molecule has 12 heteroatoms. The quantitative estimate of drug-likeness (QED) is 0.289. The van der Waals surface area contributed by atoms with Crippen molar-refractivity contribution in [1.82, 2.24) is 30.1 Å². The number of benzene rings is 1. The number of amides is 1. The van der Waals surface area contributed by atoms with E-state index in [-0.39, 0.29) is 41.4 Å². The molecule has 0 unspecified atom stereocenters. The highest BCUT2D eigenvalue weighted by Gasteiger charge is 2.19. The lowest BCUT2D eigenvalue weighted by atomic mass is 10.1. The van der Waals surface area contributed by atoms with Gasteiger partial charge < -0.3 is 25.2 Å². The first-order chi connectivity index (χ1) is 18.8. The molecule has 4 heterocycles. The molecule has 1 amide bonds. The average Bonchev–Trinajstić information content (AvgIpc) is 3.28. The molecule has 0 saturated carbocycles.